The van der Waals surface area contributed by atoms with Crippen LogP contribution in [0.5, 0.6) is 5.75 Å². The van der Waals surface area contributed by atoms with Gasteiger partial charge in [-0.15, -0.1) is 0 Å². The minimum atomic E-state index is -0.641. The predicted molar refractivity (Wildman–Crippen MR) is 112 cm³/mol. The number of benzene rings is 1. The Balaban J connectivity index is 1.71. The molecule has 0 saturated carbocycles. The molecule has 12 nitrogen and oxygen atoms in total. The summed E-state index contributed by atoms with van der Waals surface area (Å²) in [6.07, 6.45) is 1.85. The van der Waals surface area contributed by atoms with Crippen molar-refractivity contribution in [2.75, 3.05) is 13.2 Å². The highest BCUT2D eigenvalue weighted by Crippen LogP contribution is 2.38. The summed E-state index contributed by atoms with van der Waals surface area (Å²) in [5.41, 5.74) is -0.394. The molecule has 5 rings (SSSR count). The average molecular weight is 442 g/mol. The normalized spacial score (nSPS) is 19.2. The lowest BCUT2D eigenvalue weighted by Crippen LogP contribution is -2.46. The van der Waals surface area contributed by atoms with Crippen molar-refractivity contribution >= 4 is 0 Å². The second kappa shape index (κ2) is 7.12. The Kier molecular flexibility index (Phi) is 4.48. The minimum absolute atomic E-state index is 0.0539. The van der Waals surface area contributed by atoms with E-state index in [1.54, 1.807) is 24.3 Å². The molecular weight excluding hydrogens is 420 g/mol. The van der Waals surface area contributed by atoms with Crippen LogP contribution < -0.4 is 27.5 Å². The first kappa shape index (κ1) is 20.1. The summed E-state index contributed by atoms with van der Waals surface area (Å²) in [7, 11) is 2.83. The van der Waals surface area contributed by atoms with Gasteiger partial charge in [-0.25, -0.2) is 47.0 Å². The first-order valence-electron chi connectivity index (χ1n) is 10.2. The van der Waals surface area contributed by atoms with Crippen LogP contribution in [-0.4, -0.2) is 46.2 Å². The molecule has 4 heterocycles. The Morgan fingerprint density at radius 2 is 1.53 bits per heavy atom. The van der Waals surface area contributed by atoms with Gasteiger partial charge < -0.3 is 9.84 Å². The highest BCUT2D eigenvalue weighted by molar-refractivity contribution is 5.37. The number of hydrogen-bond acceptors (Lipinski definition) is 6. The smallest absolute Gasteiger partial charge is 0.347 e. The lowest BCUT2D eigenvalue weighted by atomic mass is 9.90. The van der Waals surface area contributed by atoms with Crippen molar-refractivity contribution in [2.24, 2.45) is 14.1 Å². The van der Waals surface area contributed by atoms with Gasteiger partial charge in [-0.3, -0.25) is 0 Å². The van der Waals surface area contributed by atoms with E-state index >= 15 is 0 Å². The molecular formula is C20H22N6O6. The Labute approximate surface area is 180 Å². The molecule has 0 saturated heterocycles. The van der Waals surface area contributed by atoms with Crippen LogP contribution in [0.1, 0.15) is 17.6 Å². The van der Waals surface area contributed by atoms with Gasteiger partial charge in [-0.2, -0.15) is 0 Å². The van der Waals surface area contributed by atoms with Crippen LogP contribution in [0.25, 0.3) is 0 Å². The number of fused-ring (bicyclic) bond motifs is 4. The van der Waals surface area contributed by atoms with Crippen LogP contribution in [0.3, 0.4) is 0 Å². The van der Waals surface area contributed by atoms with E-state index in [1.807, 2.05) is 6.08 Å². The van der Waals surface area contributed by atoms with Gasteiger partial charge in [0.25, 0.3) is 0 Å². The predicted octanol–water partition coefficient (Wildman–Crippen LogP) is -1.83. The summed E-state index contributed by atoms with van der Waals surface area (Å²) < 4.78 is 12.9. The minimum Gasteiger partial charge on any atom is -0.491 e. The highest BCUT2D eigenvalue weighted by Gasteiger charge is 2.40. The second-order valence-electron chi connectivity index (χ2n) is 7.87. The highest BCUT2D eigenvalue weighted by atomic mass is 16.5. The molecule has 12 heteroatoms. The van der Waals surface area contributed by atoms with E-state index in [2.05, 4.69) is 0 Å². The molecule has 2 aliphatic heterocycles. The molecule has 168 valence electrons. The molecule has 0 amide bonds. The summed E-state index contributed by atoms with van der Waals surface area (Å²) in [4.78, 5) is 51.1. The standard InChI is InChI=1S/C20H22N6O6/c1-21-17(28)23-8-7-14-15(25(23)19(21)30)11-24-18(29)22(2)20(31)26(24)16(14)12-3-5-13(6-4-12)32-10-9-27/h3-7,15-16,27H,8-11H2,1-2H3/t15-,16+/m1/s1. The number of hydrogen-bond donors (Lipinski definition) is 1. The maximum Gasteiger partial charge on any atom is 0.347 e. The second-order valence-corrected chi connectivity index (χ2v) is 7.87. The Bertz CT molecular complexity index is 1470. The zero-order valence-electron chi connectivity index (χ0n) is 17.5. The van der Waals surface area contributed by atoms with Crippen molar-refractivity contribution in [1.29, 1.82) is 0 Å². The van der Waals surface area contributed by atoms with Gasteiger partial charge in [-0.1, -0.05) is 18.2 Å². The van der Waals surface area contributed by atoms with Crippen LogP contribution in [0.15, 0.2) is 55.1 Å². The molecule has 2 aromatic heterocycles. The van der Waals surface area contributed by atoms with E-state index < -0.39 is 34.8 Å². The van der Waals surface area contributed by atoms with E-state index in [9.17, 15) is 19.2 Å². The number of ether oxygens (including phenoxy) is 1. The summed E-state index contributed by atoms with van der Waals surface area (Å²) in [6, 6.07) is 5.77. The lowest BCUT2D eigenvalue weighted by Gasteiger charge is -2.37. The average Bonchev–Trinajstić information content (AvgIpc) is 3.16. The van der Waals surface area contributed by atoms with E-state index in [0.717, 1.165) is 20.3 Å². The molecule has 2 atom stereocenters. The summed E-state index contributed by atoms with van der Waals surface area (Å²) in [5, 5.41) is 8.95. The number of aliphatic hydroxyl groups is 1. The molecule has 3 aromatic rings. The van der Waals surface area contributed by atoms with Gasteiger partial charge >= 0.3 is 22.8 Å². The molecule has 0 unspecified atom stereocenters. The van der Waals surface area contributed by atoms with Gasteiger partial charge in [0.15, 0.2) is 0 Å². The van der Waals surface area contributed by atoms with Crippen molar-refractivity contribution in [3.8, 4) is 5.75 Å². The van der Waals surface area contributed by atoms with Crippen LogP contribution in [0.2, 0.25) is 0 Å². The van der Waals surface area contributed by atoms with E-state index in [0.29, 0.717) is 5.75 Å². The van der Waals surface area contributed by atoms with Crippen molar-refractivity contribution < 1.29 is 9.84 Å². The van der Waals surface area contributed by atoms with Gasteiger partial charge in [0.2, 0.25) is 0 Å². The number of nitrogens with zero attached hydrogens (tertiary/aromatic N) is 6. The molecule has 0 radical (unpaired) electrons. The molecule has 0 aliphatic carbocycles. The maximum atomic E-state index is 13.0. The van der Waals surface area contributed by atoms with Gasteiger partial charge in [-0.05, 0) is 23.3 Å². The third kappa shape index (κ3) is 2.65. The number of allylic oxidation sites excluding steroid dienone is 2. The fourth-order valence-corrected chi connectivity index (χ4v) is 4.59. The Morgan fingerprint density at radius 3 is 2.19 bits per heavy atom. The molecule has 0 spiro atoms. The largest absolute Gasteiger partial charge is 0.491 e. The van der Waals surface area contributed by atoms with Crippen molar-refractivity contribution in [3.05, 3.63) is 83.4 Å². The topological polar surface area (TPSA) is 127 Å². The molecule has 0 bridgehead atoms. The number of aliphatic hydroxyl groups excluding tert-OH is 1. The summed E-state index contributed by atoms with van der Waals surface area (Å²) in [5.74, 6) is 0.554. The molecule has 1 N–H and O–H groups in total. The van der Waals surface area contributed by atoms with Crippen molar-refractivity contribution in [1.82, 2.24) is 27.9 Å². The molecule has 2 aliphatic rings. The van der Waals surface area contributed by atoms with Crippen LogP contribution in [0, 0.1) is 0 Å². The SMILES string of the molecule is Cn1c(=O)n2n(c1=O)[C@@H]1Cn3c(=O)n(C)c(=O)n3[C@@H](c3ccc(OCCO)cc3)C1=CC2. The maximum absolute atomic E-state index is 13.0. The first-order chi connectivity index (χ1) is 15.3. The zero-order valence-corrected chi connectivity index (χ0v) is 17.5. The Hall–Kier alpha value is -3.80. The molecule has 32 heavy (non-hydrogen) atoms. The third-order valence-corrected chi connectivity index (χ3v) is 6.14. The lowest BCUT2D eigenvalue weighted by molar-refractivity contribution is 0.201. The van der Waals surface area contributed by atoms with Crippen LogP contribution >= 0.6 is 0 Å². The van der Waals surface area contributed by atoms with Crippen molar-refractivity contribution in [3.63, 3.8) is 0 Å². The zero-order chi connectivity index (χ0) is 22.7. The third-order valence-electron chi connectivity index (χ3n) is 6.14. The number of rotatable bonds is 4. The van der Waals surface area contributed by atoms with Crippen LogP contribution in [-0.2, 0) is 27.2 Å². The quantitative estimate of drug-likeness (QED) is 0.474. The van der Waals surface area contributed by atoms with Gasteiger partial charge in [0.1, 0.15) is 18.4 Å². The summed E-state index contributed by atoms with van der Waals surface area (Å²) in [6.45, 7) is 0.277. The monoisotopic (exact) mass is 442 g/mol. The van der Waals surface area contributed by atoms with E-state index in [4.69, 9.17) is 9.84 Å². The Morgan fingerprint density at radius 1 is 0.906 bits per heavy atom. The van der Waals surface area contributed by atoms with E-state index in [-0.39, 0.29) is 26.3 Å². The van der Waals surface area contributed by atoms with Crippen molar-refractivity contribution in [2.45, 2.75) is 25.2 Å². The molecule has 0 fully saturated rings. The summed E-state index contributed by atoms with van der Waals surface area (Å²) >= 11 is 0. The van der Waals surface area contributed by atoms with Gasteiger partial charge in [0, 0.05) is 14.1 Å². The fourth-order valence-electron chi connectivity index (χ4n) is 4.59. The van der Waals surface area contributed by atoms with Crippen LogP contribution in [0.4, 0.5) is 0 Å². The van der Waals surface area contributed by atoms with Gasteiger partial charge in [0.05, 0.1) is 25.7 Å². The van der Waals surface area contributed by atoms with E-state index in [1.165, 1.54) is 32.8 Å². The first-order valence-corrected chi connectivity index (χ1v) is 10.2. The molecule has 1 aromatic carbocycles. The fraction of sp³-hybridized carbons (Fsp3) is 0.400. The number of aromatic nitrogens is 6.